The van der Waals surface area contributed by atoms with Gasteiger partial charge in [-0.05, 0) is 54.2 Å². The number of hydrogen-bond donors (Lipinski definition) is 0. The average molecular weight is 496 g/mol. The van der Waals surface area contributed by atoms with E-state index < -0.39 is 0 Å². The third kappa shape index (κ3) is 5.30. The largest absolute Gasteiger partial charge is 0.217 e. The maximum Gasteiger partial charge on any atom is 0.213 e. The van der Waals surface area contributed by atoms with E-state index in [0.29, 0.717) is 0 Å². The van der Waals surface area contributed by atoms with E-state index in [4.69, 9.17) is 15.0 Å². The first-order valence-electron chi connectivity index (χ1n) is 13.3. The van der Waals surface area contributed by atoms with Gasteiger partial charge in [-0.25, -0.2) is 15.0 Å². The van der Waals surface area contributed by atoms with E-state index in [1.54, 1.807) is 0 Å². The smallest absolute Gasteiger partial charge is 0.213 e. The summed E-state index contributed by atoms with van der Waals surface area (Å²) in [7, 11) is 2.16. The predicted molar refractivity (Wildman–Crippen MR) is 155 cm³/mol. The van der Waals surface area contributed by atoms with Crippen molar-refractivity contribution >= 4 is 10.9 Å². The van der Waals surface area contributed by atoms with Crippen molar-refractivity contribution in [1.29, 1.82) is 0 Å². The zero-order chi connectivity index (χ0) is 27.5. The van der Waals surface area contributed by atoms with Crippen LogP contribution in [0.2, 0.25) is 0 Å². The van der Waals surface area contributed by atoms with Crippen molar-refractivity contribution in [3.63, 3.8) is 0 Å². The summed E-state index contributed by atoms with van der Waals surface area (Å²) in [6.07, 6.45) is 0. The molecule has 194 valence electrons. The van der Waals surface area contributed by atoms with Crippen LogP contribution in [0.4, 0.5) is 0 Å². The third-order valence-electron chi connectivity index (χ3n) is 7.22. The van der Waals surface area contributed by atoms with Crippen molar-refractivity contribution in [3.05, 3.63) is 70.8 Å². The van der Waals surface area contributed by atoms with Gasteiger partial charge in [-0.1, -0.05) is 74.4 Å². The monoisotopic (exact) mass is 495 g/mol. The van der Waals surface area contributed by atoms with Gasteiger partial charge in [0.05, 0.1) is 0 Å². The highest BCUT2D eigenvalue weighted by atomic mass is 15.1. The molecule has 4 nitrogen and oxygen atoms in total. The van der Waals surface area contributed by atoms with Crippen LogP contribution in [0.3, 0.4) is 0 Å². The molecular weight excluding hydrogens is 452 g/mol. The molecule has 2 aromatic carbocycles. The molecule has 4 aromatic rings. The van der Waals surface area contributed by atoms with Gasteiger partial charge in [0.2, 0.25) is 11.2 Å². The number of hydrogen-bond acceptors (Lipinski definition) is 3. The van der Waals surface area contributed by atoms with Crippen LogP contribution in [0.25, 0.3) is 33.5 Å². The van der Waals surface area contributed by atoms with E-state index >= 15 is 0 Å². The first-order valence-corrected chi connectivity index (χ1v) is 13.3. The SMILES string of the molecule is Cc1cc(C(C)(C)C)cc(-c2ccc3ccc(-c4nc(C(C)(C)C)nc(C(C)(C)C)n4)cc3[n+]2C)c1C. The molecule has 0 N–H and O–H groups in total. The summed E-state index contributed by atoms with van der Waals surface area (Å²) in [6, 6.07) is 15.7. The number of pyridine rings is 1. The minimum absolute atomic E-state index is 0.0873. The van der Waals surface area contributed by atoms with Crippen molar-refractivity contribution in [2.24, 2.45) is 7.05 Å². The van der Waals surface area contributed by atoms with Gasteiger partial charge in [-0.15, -0.1) is 0 Å². The standard InChI is InChI=1S/C33H43N4/c1-20-17-24(31(3,4)5)19-25(21(20)2)26-16-15-22-13-14-23(18-27(22)37(26)12)28-34-29(32(6,7)8)36-30(35-28)33(9,10)11/h13-19H,1-12H3/q+1. The highest BCUT2D eigenvalue weighted by Gasteiger charge is 2.26. The lowest BCUT2D eigenvalue weighted by molar-refractivity contribution is -0.633. The van der Waals surface area contributed by atoms with Gasteiger partial charge in [0, 0.05) is 39.5 Å². The molecule has 0 bridgehead atoms. The Bertz CT molecular complexity index is 1460. The van der Waals surface area contributed by atoms with Crippen LogP contribution in [0.5, 0.6) is 0 Å². The van der Waals surface area contributed by atoms with E-state index in [0.717, 1.165) is 28.6 Å². The number of fused-ring (bicyclic) bond motifs is 1. The van der Waals surface area contributed by atoms with Crippen LogP contribution in [0.15, 0.2) is 42.5 Å². The third-order valence-corrected chi connectivity index (χ3v) is 7.22. The van der Waals surface area contributed by atoms with Crippen molar-refractivity contribution in [1.82, 2.24) is 15.0 Å². The lowest BCUT2D eigenvalue weighted by atomic mass is 9.83. The van der Waals surface area contributed by atoms with Crippen LogP contribution in [-0.2, 0) is 23.3 Å². The number of rotatable bonds is 2. The summed E-state index contributed by atoms with van der Waals surface area (Å²) in [6.45, 7) is 24.2. The van der Waals surface area contributed by atoms with E-state index in [-0.39, 0.29) is 16.2 Å². The van der Waals surface area contributed by atoms with Gasteiger partial charge < -0.3 is 0 Å². The summed E-state index contributed by atoms with van der Waals surface area (Å²) < 4.78 is 2.31. The molecule has 37 heavy (non-hydrogen) atoms. The number of aromatic nitrogens is 4. The number of benzene rings is 2. The summed E-state index contributed by atoms with van der Waals surface area (Å²) in [5, 5.41) is 1.19. The second-order valence-electron chi connectivity index (χ2n) is 13.6. The second-order valence-corrected chi connectivity index (χ2v) is 13.6. The summed E-state index contributed by atoms with van der Waals surface area (Å²) >= 11 is 0. The molecule has 0 saturated heterocycles. The molecule has 0 amide bonds. The number of aryl methyl sites for hydroxylation is 2. The van der Waals surface area contributed by atoms with E-state index in [1.165, 1.54) is 33.3 Å². The summed E-state index contributed by atoms with van der Waals surface area (Å²) in [5.74, 6) is 2.38. The van der Waals surface area contributed by atoms with Crippen molar-refractivity contribution in [2.45, 2.75) is 92.4 Å². The van der Waals surface area contributed by atoms with Gasteiger partial charge >= 0.3 is 0 Å². The van der Waals surface area contributed by atoms with Crippen LogP contribution >= 0.6 is 0 Å². The molecular formula is C33H43N4+. The van der Waals surface area contributed by atoms with Crippen LogP contribution in [0, 0.1) is 13.8 Å². The van der Waals surface area contributed by atoms with Crippen LogP contribution < -0.4 is 4.57 Å². The molecule has 0 unspecified atom stereocenters. The maximum atomic E-state index is 4.94. The highest BCUT2D eigenvalue weighted by Crippen LogP contribution is 2.33. The Labute approximate surface area is 223 Å². The fourth-order valence-corrected chi connectivity index (χ4v) is 4.53. The Balaban J connectivity index is 1.94. The van der Waals surface area contributed by atoms with Gasteiger partial charge in [0.25, 0.3) is 0 Å². The fraction of sp³-hybridized carbons (Fsp3) is 0.455. The molecule has 2 heterocycles. The van der Waals surface area contributed by atoms with Crippen molar-refractivity contribution in [2.75, 3.05) is 0 Å². The molecule has 0 aliphatic rings. The topological polar surface area (TPSA) is 42.6 Å². The molecule has 4 rings (SSSR count). The van der Waals surface area contributed by atoms with Crippen molar-refractivity contribution in [3.8, 4) is 22.6 Å². The van der Waals surface area contributed by atoms with E-state index in [2.05, 4.69) is 130 Å². The maximum absolute atomic E-state index is 4.94. The fourth-order valence-electron chi connectivity index (χ4n) is 4.53. The Hall–Kier alpha value is -3.14. The Morgan fingerprint density at radius 3 is 1.76 bits per heavy atom. The summed E-state index contributed by atoms with van der Waals surface area (Å²) in [5.41, 5.74) is 8.41. The molecule has 0 aliphatic carbocycles. The molecule has 4 heteroatoms. The minimum atomic E-state index is -0.167. The molecule has 2 aromatic heterocycles. The molecule has 0 atom stereocenters. The molecule has 0 radical (unpaired) electrons. The Morgan fingerprint density at radius 1 is 0.649 bits per heavy atom. The molecule has 0 saturated carbocycles. The zero-order valence-electron chi connectivity index (χ0n) is 24.8. The quantitative estimate of drug-likeness (QED) is 0.268. The van der Waals surface area contributed by atoms with Gasteiger partial charge in [-0.3, -0.25) is 0 Å². The van der Waals surface area contributed by atoms with Crippen LogP contribution in [0.1, 0.15) is 90.7 Å². The van der Waals surface area contributed by atoms with E-state index in [9.17, 15) is 0 Å². The van der Waals surface area contributed by atoms with Gasteiger partial charge in [0.15, 0.2) is 5.82 Å². The lowest BCUT2D eigenvalue weighted by Gasteiger charge is -2.22. The first-order chi connectivity index (χ1) is 17.0. The van der Waals surface area contributed by atoms with E-state index in [1.807, 2.05) is 0 Å². The van der Waals surface area contributed by atoms with Gasteiger partial charge in [-0.2, -0.15) is 4.57 Å². The normalized spacial score (nSPS) is 12.9. The second kappa shape index (κ2) is 9.01. The molecule has 0 fully saturated rings. The van der Waals surface area contributed by atoms with Crippen LogP contribution in [-0.4, -0.2) is 15.0 Å². The van der Waals surface area contributed by atoms with Gasteiger partial charge in [0.1, 0.15) is 18.7 Å². The predicted octanol–water partition coefficient (Wildman–Crippen LogP) is 7.69. The Morgan fingerprint density at radius 2 is 1.22 bits per heavy atom. The lowest BCUT2D eigenvalue weighted by Crippen LogP contribution is -2.32. The Kier molecular flexibility index (Phi) is 6.55. The highest BCUT2D eigenvalue weighted by molar-refractivity contribution is 5.82. The minimum Gasteiger partial charge on any atom is -0.217 e. The zero-order valence-corrected chi connectivity index (χ0v) is 24.8. The molecule has 0 aliphatic heterocycles. The van der Waals surface area contributed by atoms with Crippen molar-refractivity contribution < 1.29 is 4.57 Å². The average Bonchev–Trinajstić information content (AvgIpc) is 2.79. The first kappa shape index (κ1) is 26.9. The number of nitrogens with zero attached hydrogens (tertiary/aromatic N) is 4. The molecule has 0 spiro atoms. The summed E-state index contributed by atoms with van der Waals surface area (Å²) in [4.78, 5) is 14.7.